The molecule has 4 heterocycles. The van der Waals surface area contributed by atoms with Crippen LogP contribution in [0.3, 0.4) is 0 Å². The molecule has 2 aromatic carbocycles. The molecule has 1 aliphatic rings. The summed E-state index contributed by atoms with van der Waals surface area (Å²) in [6.45, 7) is 12.6. The summed E-state index contributed by atoms with van der Waals surface area (Å²) in [4.78, 5) is 32.4. The van der Waals surface area contributed by atoms with Gasteiger partial charge in [0.15, 0.2) is 14.1 Å². The molecule has 0 saturated carbocycles. The van der Waals surface area contributed by atoms with Crippen LogP contribution in [0.5, 0.6) is 0 Å². The van der Waals surface area contributed by atoms with Crippen molar-refractivity contribution in [1.29, 1.82) is 0 Å². The summed E-state index contributed by atoms with van der Waals surface area (Å²) in [6, 6.07) is 21.8. The van der Waals surface area contributed by atoms with Crippen molar-refractivity contribution in [2.75, 3.05) is 19.8 Å². The number of aliphatic imine (C=N–C) groups is 1. The summed E-state index contributed by atoms with van der Waals surface area (Å²) in [7, 11) is -2.02. The highest BCUT2D eigenvalue weighted by Gasteiger charge is 2.46. The molecule has 1 saturated heterocycles. The topological polar surface area (TPSA) is 91.5 Å². The Labute approximate surface area is 259 Å². The largest absolute Gasteiger partial charge is 0.414 e. The summed E-state index contributed by atoms with van der Waals surface area (Å²) < 4.78 is 14.5. The van der Waals surface area contributed by atoms with Crippen molar-refractivity contribution in [2.45, 2.75) is 44.4 Å². The molecule has 0 radical (unpaired) electrons. The SMILES string of the molecule is CC(C)(C)[Si](C)(C)OCC1(n2cc(C(=O)c3cncc(N=C(c4ccccc4)c4ccccc4)c3)c3cncnc32)COC1. The summed E-state index contributed by atoms with van der Waals surface area (Å²) >= 11 is 0. The molecule has 0 aliphatic carbocycles. The first-order valence-electron chi connectivity index (χ1n) is 14.8. The zero-order valence-corrected chi connectivity index (χ0v) is 26.8. The highest BCUT2D eigenvalue weighted by Crippen LogP contribution is 2.40. The summed E-state index contributed by atoms with van der Waals surface area (Å²) in [5, 5.41) is 0.752. The molecule has 44 heavy (non-hydrogen) atoms. The van der Waals surface area contributed by atoms with E-state index in [1.54, 1.807) is 24.7 Å². The van der Waals surface area contributed by atoms with Crippen LogP contribution in [-0.2, 0) is 14.7 Å². The van der Waals surface area contributed by atoms with Crippen molar-refractivity contribution in [2.24, 2.45) is 4.99 Å². The molecule has 224 valence electrons. The van der Waals surface area contributed by atoms with E-state index in [1.807, 2.05) is 66.9 Å². The Hall–Kier alpha value is -4.31. The number of hydrogen-bond acceptors (Lipinski definition) is 7. The van der Waals surface area contributed by atoms with E-state index in [4.69, 9.17) is 14.2 Å². The van der Waals surface area contributed by atoms with Gasteiger partial charge in [0.2, 0.25) is 0 Å². The molecule has 0 bridgehead atoms. The number of hydrogen-bond donors (Lipinski definition) is 0. The lowest BCUT2D eigenvalue weighted by Gasteiger charge is -2.46. The van der Waals surface area contributed by atoms with Gasteiger partial charge in [0.25, 0.3) is 0 Å². The van der Waals surface area contributed by atoms with Crippen molar-refractivity contribution < 1.29 is 14.0 Å². The molecule has 6 rings (SSSR count). The molecule has 0 unspecified atom stereocenters. The number of benzene rings is 2. The van der Waals surface area contributed by atoms with Gasteiger partial charge in [-0.05, 0) is 24.2 Å². The zero-order valence-electron chi connectivity index (χ0n) is 25.8. The van der Waals surface area contributed by atoms with E-state index in [1.165, 1.54) is 6.33 Å². The number of aromatic nitrogens is 4. The first-order chi connectivity index (χ1) is 21.1. The van der Waals surface area contributed by atoms with Crippen molar-refractivity contribution >= 4 is 36.5 Å². The van der Waals surface area contributed by atoms with Crippen molar-refractivity contribution in [3.63, 3.8) is 0 Å². The van der Waals surface area contributed by atoms with Crippen LogP contribution in [0.25, 0.3) is 11.0 Å². The second-order valence-corrected chi connectivity index (χ2v) is 17.7. The summed E-state index contributed by atoms with van der Waals surface area (Å²) in [5.74, 6) is -0.172. The average Bonchev–Trinajstić information content (AvgIpc) is 3.39. The highest BCUT2D eigenvalue weighted by atomic mass is 28.4. The van der Waals surface area contributed by atoms with Crippen LogP contribution in [0.15, 0.2) is 103 Å². The van der Waals surface area contributed by atoms with Gasteiger partial charge >= 0.3 is 0 Å². The van der Waals surface area contributed by atoms with Gasteiger partial charge in [-0.3, -0.25) is 9.78 Å². The predicted octanol–water partition coefficient (Wildman–Crippen LogP) is 6.97. The molecule has 0 amide bonds. The third kappa shape index (κ3) is 5.66. The Morgan fingerprint density at radius 2 is 1.61 bits per heavy atom. The Morgan fingerprint density at radius 1 is 0.955 bits per heavy atom. The van der Waals surface area contributed by atoms with Gasteiger partial charge in [0, 0.05) is 40.7 Å². The summed E-state index contributed by atoms with van der Waals surface area (Å²) in [6.07, 6.45) is 8.36. The van der Waals surface area contributed by atoms with Crippen LogP contribution >= 0.6 is 0 Å². The van der Waals surface area contributed by atoms with Crippen LogP contribution in [0, 0.1) is 0 Å². The van der Waals surface area contributed by atoms with Gasteiger partial charge in [-0.1, -0.05) is 81.4 Å². The van der Waals surface area contributed by atoms with Gasteiger partial charge in [0.05, 0.1) is 43.0 Å². The number of carbonyl (C=O) groups excluding carboxylic acids is 1. The third-order valence-corrected chi connectivity index (χ3v) is 13.3. The van der Waals surface area contributed by atoms with E-state index in [9.17, 15) is 4.79 Å². The van der Waals surface area contributed by atoms with Gasteiger partial charge in [-0.2, -0.15) is 0 Å². The Bertz CT molecular complexity index is 1780. The van der Waals surface area contributed by atoms with Crippen molar-refractivity contribution in [3.8, 4) is 0 Å². The third-order valence-electron chi connectivity index (χ3n) is 8.79. The van der Waals surface area contributed by atoms with Crippen LogP contribution < -0.4 is 0 Å². The van der Waals surface area contributed by atoms with Crippen LogP contribution in [0.2, 0.25) is 18.1 Å². The smallest absolute Gasteiger partial charge is 0.196 e. The maximum atomic E-state index is 14.1. The lowest BCUT2D eigenvalue weighted by atomic mass is 9.98. The van der Waals surface area contributed by atoms with Gasteiger partial charge in [-0.25, -0.2) is 15.0 Å². The maximum absolute atomic E-state index is 14.1. The molecule has 3 aromatic heterocycles. The van der Waals surface area contributed by atoms with E-state index in [2.05, 4.69) is 53.4 Å². The molecule has 0 atom stereocenters. The fourth-order valence-corrected chi connectivity index (χ4v) is 6.12. The first-order valence-corrected chi connectivity index (χ1v) is 17.7. The van der Waals surface area contributed by atoms with Crippen LogP contribution in [0.1, 0.15) is 47.8 Å². The second kappa shape index (κ2) is 11.6. The number of nitrogens with zero attached hydrogens (tertiary/aromatic N) is 5. The first kappa shape index (κ1) is 29.7. The molecule has 0 spiro atoms. The number of fused-ring (bicyclic) bond motifs is 1. The maximum Gasteiger partial charge on any atom is 0.196 e. The second-order valence-electron chi connectivity index (χ2n) is 12.9. The average molecular weight is 604 g/mol. The Balaban J connectivity index is 1.37. The van der Waals surface area contributed by atoms with Gasteiger partial charge in [-0.15, -0.1) is 0 Å². The fraction of sp³-hybridized carbons (Fsp3) is 0.286. The number of ketones is 1. The van der Waals surface area contributed by atoms with Gasteiger partial charge < -0.3 is 13.7 Å². The standard InChI is InChI=1S/C35H37N5O3Si/c1-34(2,3)44(4,5)43-23-35(21-42-22-35)40-20-30(29-19-37-24-38-33(29)40)32(41)27-16-28(18-36-17-27)39-31(25-12-8-6-9-13-25)26-14-10-7-11-15-26/h6-20,24H,21-23H2,1-5H3. The van der Waals surface area contributed by atoms with E-state index < -0.39 is 13.9 Å². The van der Waals surface area contributed by atoms with Crippen LogP contribution in [0.4, 0.5) is 5.69 Å². The normalized spacial score (nSPS) is 14.7. The van der Waals surface area contributed by atoms with Crippen molar-refractivity contribution in [3.05, 3.63) is 120 Å². The molecule has 9 heteroatoms. The van der Waals surface area contributed by atoms with Gasteiger partial charge in [0.1, 0.15) is 17.5 Å². The summed E-state index contributed by atoms with van der Waals surface area (Å²) in [5.41, 5.74) is 4.52. The Morgan fingerprint density at radius 3 is 2.20 bits per heavy atom. The molecule has 5 aromatic rings. The molecule has 0 N–H and O–H groups in total. The quantitative estimate of drug-likeness (QED) is 0.103. The van der Waals surface area contributed by atoms with Crippen LogP contribution in [-0.4, -0.2) is 59.2 Å². The lowest BCUT2D eigenvalue weighted by Crippen LogP contribution is -2.57. The molecular weight excluding hydrogens is 567 g/mol. The predicted molar refractivity (Wildman–Crippen MR) is 175 cm³/mol. The highest BCUT2D eigenvalue weighted by molar-refractivity contribution is 6.74. The number of ether oxygens (including phenoxy) is 1. The van der Waals surface area contributed by atoms with E-state index >= 15 is 0 Å². The molecule has 1 aliphatic heterocycles. The fourth-order valence-electron chi connectivity index (χ4n) is 5.05. The van der Waals surface area contributed by atoms with E-state index in [0.717, 1.165) is 16.8 Å². The van der Waals surface area contributed by atoms with E-state index in [-0.39, 0.29) is 10.8 Å². The molecular formula is C35H37N5O3Si. The monoisotopic (exact) mass is 603 g/mol. The minimum atomic E-state index is -2.02. The number of carbonyl (C=O) groups is 1. The minimum Gasteiger partial charge on any atom is -0.414 e. The molecule has 8 nitrogen and oxygen atoms in total. The Kier molecular flexibility index (Phi) is 7.87. The van der Waals surface area contributed by atoms with Crippen molar-refractivity contribution in [1.82, 2.24) is 19.5 Å². The number of rotatable bonds is 9. The number of pyridine rings is 1. The lowest BCUT2D eigenvalue weighted by molar-refractivity contribution is -0.119. The molecule has 1 fully saturated rings. The van der Waals surface area contributed by atoms with E-state index in [0.29, 0.717) is 47.7 Å². The zero-order chi connectivity index (χ0) is 31.0. The minimum absolute atomic E-state index is 0.0717.